The van der Waals surface area contributed by atoms with E-state index in [1.165, 1.54) is 11.3 Å². The van der Waals surface area contributed by atoms with Crippen LogP contribution < -0.4 is 9.94 Å². The number of hydrogen-bond donors (Lipinski definition) is 1. The third-order valence-corrected chi connectivity index (χ3v) is 5.71. The summed E-state index contributed by atoms with van der Waals surface area (Å²) >= 11 is 7.36. The van der Waals surface area contributed by atoms with E-state index in [4.69, 9.17) is 16.7 Å². The molecule has 3 aromatic rings. The van der Waals surface area contributed by atoms with Crippen LogP contribution in [0.15, 0.2) is 57.7 Å². The lowest BCUT2D eigenvalue weighted by atomic mass is 10.1. The third-order valence-electron chi connectivity index (χ3n) is 3.65. The number of primary sulfonamides is 1. The SMILES string of the molecule is Cc1cc(-c2cs/c(=N/c3ccc(Cl)cc3)n2C)cc(S(N)(=O)=O)c1. The molecular weight excluding hydrogens is 378 g/mol. The Morgan fingerprint density at radius 1 is 1.16 bits per heavy atom. The molecule has 8 heteroatoms. The first kappa shape index (κ1) is 17.9. The first-order valence-corrected chi connectivity index (χ1v) is 10.1. The zero-order chi connectivity index (χ0) is 18.2. The van der Waals surface area contributed by atoms with Gasteiger partial charge in [0.05, 0.1) is 16.3 Å². The molecule has 2 aromatic carbocycles. The van der Waals surface area contributed by atoms with Crippen LogP contribution in [0.4, 0.5) is 5.69 Å². The van der Waals surface area contributed by atoms with E-state index in [9.17, 15) is 8.42 Å². The summed E-state index contributed by atoms with van der Waals surface area (Å²) in [6, 6.07) is 12.3. The highest BCUT2D eigenvalue weighted by atomic mass is 35.5. The van der Waals surface area contributed by atoms with Gasteiger partial charge in [0, 0.05) is 23.0 Å². The van der Waals surface area contributed by atoms with Crippen molar-refractivity contribution in [2.24, 2.45) is 17.2 Å². The molecule has 5 nitrogen and oxygen atoms in total. The van der Waals surface area contributed by atoms with Crippen molar-refractivity contribution in [2.45, 2.75) is 11.8 Å². The van der Waals surface area contributed by atoms with Gasteiger partial charge in [-0.2, -0.15) is 0 Å². The minimum atomic E-state index is -3.76. The fourth-order valence-corrected chi connectivity index (χ4v) is 4.11. The molecule has 0 saturated heterocycles. The number of benzene rings is 2. The average Bonchev–Trinajstić information content (AvgIpc) is 2.89. The van der Waals surface area contributed by atoms with Gasteiger partial charge in [0.25, 0.3) is 0 Å². The maximum Gasteiger partial charge on any atom is 0.238 e. The van der Waals surface area contributed by atoms with Crippen LogP contribution in [-0.2, 0) is 17.1 Å². The number of aryl methyl sites for hydroxylation is 1. The van der Waals surface area contributed by atoms with Crippen LogP contribution in [0.5, 0.6) is 0 Å². The summed E-state index contributed by atoms with van der Waals surface area (Å²) in [4.78, 5) is 5.49. The van der Waals surface area contributed by atoms with Gasteiger partial charge in [0.2, 0.25) is 10.0 Å². The number of nitrogens with zero attached hydrogens (tertiary/aromatic N) is 2. The summed E-state index contributed by atoms with van der Waals surface area (Å²) < 4.78 is 25.3. The minimum Gasteiger partial charge on any atom is -0.320 e. The summed E-state index contributed by atoms with van der Waals surface area (Å²) in [5.74, 6) is 0. The number of sulfonamides is 1. The van der Waals surface area contributed by atoms with Crippen molar-refractivity contribution in [2.75, 3.05) is 0 Å². The monoisotopic (exact) mass is 393 g/mol. The van der Waals surface area contributed by atoms with Crippen molar-refractivity contribution in [1.29, 1.82) is 0 Å². The zero-order valence-corrected chi connectivity index (χ0v) is 16.0. The van der Waals surface area contributed by atoms with E-state index in [-0.39, 0.29) is 4.90 Å². The summed E-state index contributed by atoms with van der Waals surface area (Å²) in [7, 11) is -1.87. The van der Waals surface area contributed by atoms with Crippen molar-refractivity contribution < 1.29 is 8.42 Å². The highest BCUT2D eigenvalue weighted by Gasteiger charge is 2.12. The van der Waals surface area contributed by atoms with Crippen molar-refractivity contribution >= 4 is 38.6 Å². The van der Waals surface area contributed by atoms with Gasteiger partial charge in [0.1, 0.15) is 0 Å². The molecule has 2 N–H and O–H groups in total. The summed E-state index contributed by atoms with van der Waals surface area (Å²) in [6.07, 6.45) is 0. The molecular formula is C17H16ClN3O2S2. The van der Waals surface area contributed by atoms with Crippen LogP contribution in [0.1, 0.15) is 5.56 Å². The van der Waals surface area contributed by atoms with E-state index in [2.05, 4.69) is 4.99 Å². The Labute approximate surface area is 155 Å². The molecule has 0 aliphatic rings. The standard InChI is InChI=1S/C17H16ClN3O2S2/c1-11-7-12(9-15(8-11)25(19,22)23)16-10-24-17(21(16)2)20-14-5-3-13(18)4-6-14/h3-10H,1-2H3,(H2,19,22,23)/b20-17+. The van der Waals surface area contributed by atoms with Crippen LogP contribution >= 0.6 is 22.9 Å². The highest BCUT2D eigenvalue weighted by molar-refractivity contribution is 7.89. The molecule has 0 amide bonds. The van der Waals surface area contributed by atoms with Crippen LogP contribution in [0.3, 0.4) is 0 Å². The second-order valence-corrected chi connectivity index (χ2v) is 8.46. The average molecular weight is 394 g/mol. The number of aromatic nitrogens is 1. The second-order valence-electron chi connectivity index (χ2n) is 5.63. The maximum absolute atomic E-state index is 11.7. The predicted octanol–water partition coefficient (Wildman–Crippen LogP) is 3.60. The Bertz CT molecular complexity index is 1100. The largest absolute Gasteiger partial charge is 0.320 e. The zero-order valence-electron chi connectivity index (χ0n) is 13.6. The second kappa shape index (κ2) is 6.76. The molecule has 130 valence electrons. The van der Waals surface area contributed by atoms with Gasteiger partial charge in [-0.15, -0.1) is 11.3 Å². The highest BCUT2D eigenvalue weighted by Crippen LogP contribution is 2.24. The van der Waals surface area contributed by atoms with Gasteiger partial charge in [-0.25, -0.2) is 18.5 Å². The number of rotatable bonds is 3. The molecule has 0 saturated carbocycles. The fraction of sp³-hybridized carbons (Fsp3) is 0.118. The molecule has 1 aromatic heterocycles. The van der Waals surface area contributed by atoms with E-state index in [1.807, 2.05) is 42.1 Å². The Morgan fingerprint density at radius 2 is 1.84 bits per heavy atom. The molecule has 0 spiro atoms. The van der Waals surface area contributed by atoms with Crippen LogP contribution in [0.2, 0.25) is 5.02 Å². The number of hydrogen-bond acceptors (Lipinski definition) is 4. The first-order chi connectivity index (χ1) is 11.7. The lowest BCUT2D eigenvalue weighted by Gasteiger charge is -2.07. The Balaban J connectivity index is 2.10. The lowest BCUT2D eigenvalue weighted by molar-refractivity contribution is 0.597. The Kier molecular flexibility index (Phi) is 4.83. The van der Waals surface area contributed by atoms with E-state index in [1.54, 1.807) is 24.3 Å². The number of nitrogens with two attached hydrogens (primary N) is 1. The quantitative estimate of drug-likeness (QED) is 0.738. The van der Waals surface area contributed by atoms with Crippen molar-refractivity contribution in [3.63, 3.8) is 0 Å². The number of thiazole rings is 1. The summed E-state index contributed by atoms with van der Waals surface area (Å²) in [5, 5.41) is 7.87. The van der Waals surface area contributed by atoms with Gasteiger partial charge in [0.15, 0.2) is 4.80 Å². The molecule has 0 unspecified atom stereocenters. The Morgan fingerprint density at radius 3 is 2.48 bits per heavy atom. The first-order valence-electron chi connectivity index (χ1n) is 7.34. The molecule has 0 atom stereocenters. The minimum absolute atomic E-state index is 0.102. The molecule has 3 rings (SSSR count). The van der Waals surface area contributed by atoms with Gasteiger partial charge in [-0.1, -0.05) is 11.6 Å². The fourth-order valence-electron chi connectivity index (χ4n) is 2.42. The Hall–Kier alpha value is -1.93. The van der Waals surface area contributed by atoms with Crippen molar-refractivity contribution in [3.8, 4) is 11.3 Å². The van der Waals surface area contributed by atoms with E-state index < -0.39 is 10.0 Å². The van der Waals surface area contributed by atoms with E-state index in [0.29, 0.717) is 5.02 Å². The van der Waals surface area contributed by atoms with Crippen LogP contribution in [-0.4, -0.2) is 13.0 Å². The number of halogens is 1. The van der Waals surface area contributed by atoms with E-state index in [0.717, 1.165) is 27.3 Å². The summed E-state index contributed by atoms with van der Waals surface area (Å²) in [6.45, 7) is 1.84. The summed E-state index contributed by atoms with van der Waals surface area (Å²) in [5.41, 5.74) is 3.26. The topological polar surface area (TPSA) is 77.5 Å². The molecule has 0 aliphatic carbocycles. The van der Waals surface area contributed by atoms with Gasteiger partial charge < -0.3 is 4.57 Å². The molecule has 25 heavy (non-hydrogen) atoms. The molecule has 0 bridgehead atoms. The lowest BCUT2D eigenvalue weighted by Crippen LogP contribution is -2.13. The van der Waals surface area contributed by atoms with Crippen LogP contribution in [0.25, 0.3) is 11.3 Å². The van der Waals surface area contributed by atoms with Gasteiger partial charge in [-0.3, -0.25) is 0 Å². The van der Waals surface area contributed by atoms with Gasteiger partial charge in [-0.05, 0) is 55.0 Å². The predicted molar refractivity (Wildman–Crippen MR) is 102 cm³/mol. The smallest absolute Gasteiger partial charge is 0.238 e. The normalized spacial score (nSPS) is 12.6. The maximum atomic E-state index is 11.7. The van der Waals surface area contributed by atoms with Crippen molar-refractivity contribution in [3.05, 3.63) is 63.2 Å². The van der Waals surface area contributed by atoms with Crippen LogP contribution in [0, 0.1) is 6.92 Å². The van der Waals surface area contributed by atoms with E-state index >= 15 is 0 Å². The molecule has 0 fully saturated rings. The van der Waals surface area contributed by atoms with Crippen molar-refractivity contribution in [1.82, 2.24) is 4.57 Å². The van der Waals surface area contributed by atoms with Gasteiger partial charge >= 0.3 is 0 Å². The molecule has 1 heterocycles. The molecule has 0 radical (unpaired) electrons. The third kappa shape index (κ3) is 4.01. The molecule has 0 aliphatic heterocycles.